The summed E-state index contributed by atoms with van der Waals surface area (Å²) >= 11 is 0. The summed E-state index contributed by atoms with van der Waals surface area (Å²) in [5.74, 6) is 0.807. The number of para-hydroxylation sites is 2. The van der Waals surface area contributed by atoms with Crippen LogP contribution in [0.3, 0.4) is 0 Å². The fourth-order valence-electron chi connectivity index (χ4n) is 8.07. The van der Waals surface area contributed by atoms with Crippen LogP contribution >= 0.6 is 0 Å². The standard InChI is InChI=1S/C35H45N7O/c43-34-41(28-25-38-23-26-39(27-24-38)33-36-19-10-20-37-33)31-13-6-7-14-32(31)42(34)30-15-21-40(22-16-30)35(17-8-1-2-9-18-35)29-11-4-3-5-12-29/h3-7,10-14,19-20,30H,1-2,8-9,15-18,21-28H2. The lowest BCUT2D eigenvalue weighted by Gasteiger charge is -2.47. The third kappa shape index (κ3) is 5.63. The van der Waals surface area contributed by atoms with E-state index in [4.69, 9.17) is 0 Å². The fourth-order valence-corrected chi connectivity index (χ4v) is 8.07. The maximum Gasteiger partial charge on any atom is 0.329 e. The third-order valence-electron chi connectivity index (χ3n) is 10.4. The number of likely N-dealkylation sites (tertiary alicyclic amines) is 1. The van der Waals surface area contributed by atoms with Gasteiger partial charge in [0.25, 0.3) is 0 Å². The van der Waals surface area contributed by atoms with E-state index < -0.39 is 0 Å². The Labute approximate surface area is 255 Å². The van der Waals surface area contributed by atoms with Gasteiger partial charge in [0, 0.05) is 76.3 Å². The first-order valence-corrected chi connectivity index (χ1v) is 16.5. The van der Waals surface area contributed by atoms with Crippen molar-refractivity contribution in [3.05, 3.63) is 89.1 Å². The van der Waals surface area contributed by atoms with E-state index in [0.717, 1.165) is 75.6 Å². The number of piperidine rings is 1. The Hall–Kier alpha value is -3.49. The van der Waals surface area contributed by atoms with E-state index in [1.54, 1.807) is 12.4 Å². The largest absolute Gasteiger partial charge is 0.338 e. The molecule has 7 rings (SSSR count). The summed E-state index contributed by atoms with van der Waals surface area (Å²) in [7, 11) is 0. The smallest absolute Gasteiger partial charge is 0.329 e. The predicted octanol–water partition coefficient (Wildman–Crippen LogP) is 5.30. The van der Waals surface area contributed by atoms with Crippen LogP contribution in [-0.2, 0) is 12.1 Å². The van der Waals surface area contributed by atoms with Crippen LogP contribution in [0.5, 0.6) is 0 Å². The van der Waals surface area contributed by atoms with Crippen molar-refractivity contribution in [2.45, 2.75) is 69.5 Å². The molecular formula is C35H45N7O. The quantitative estimate of drug-likeness (QED) is 0.277. The lowest BCUT2D eigenvalue weighted by Crippen LogP contribution is -2.50. The first-order valence-electron chi connectivity index (χ1n) is 16.5. The second kappa shape index (κ2) is 12.6. The predicted molar refractivity (Wildman–Crippen MR) is 173 cm³/mol. The molecule has 4 heterocycles. The number of nitrogens with zero attached hydrogens (tertiary/aromatic N) is 7. The highest BCUT2D eigenvalue weighted by Crippen LogP contribution is 2.43. The summed E-state index contributed by atoms with van der Waals surface area (Å²) in [5, 5.41) is 0. The van der Waals surface area contributed by atoms with Crippen molar-refractivity contribution < 1.29 is 0 Å². The number of benzene rings is 2. The van der Waals surface area contributed by atoms with E-state index in [-0.39, 0.29) is 17.3 Å². The monoisotopic (exact) mass is 579 g/mol. The third-order valence-corrected chi connectivity index (χ3v) is 10.4. The molecule has 0 spiro atoms. The number of hydrogen-bond donors (Lipinski definition) is 0. The maximum atomic E-state index is 14.1. The molecule has 1 saturated carbocycles. The van der Waals surface area contributed by atoms with Crippen LogP contribution in [0.15, 0.2) is 77.9 Å². The topological polar surface area (TPSA) is 62.4 Å². The maximum absolute atomic E-state index is 14.1. The van der Waals surface area contributed by atoms with Crippen molar-refractivity contribution in [3.8, 4) is 0 Å². The SMILES string of the molecule is O=c1n(CCN2CCN(c3ncccn3)CC2)c2ccccc2n1C1CCN(C2(c3ccccc3)CCCCCC2)CC1. The molecule has 226 valence electrons. The second-order valence-corrected chi connectivity index (χ2v) is 12.7. The molecule has 8 heteroatoms. The first kappa shape index (κ1) is 28.3. The number of rotatable bonds is 7. The van der Waals surface area contributed by atoms with Crippen molar-refractivity contribution >= 4 is 17.0 Å². The molecule has 4 aromatic rings. The minimum atomic E-state index is 0.137. The van der Waals surface area contributed by atoms with Crippen molar-refractivity contribution in [1.82, 2.24) is 28.9 Å². The van der Waals surface area contributed by atoms with Crippen molar-refractivity contribution in [2.24, 2.45) is 0 Å². The van der Waals surface area contributed by atoms with Gasteiger partial charge in [-0.25, -0.2) is 14.8 Å². The highest BCUT2D eigenvalue weighted by atomic mass is 16.1. The number of anilines is 1. The zero-order chi connectivity index (χ0) is 29.1. The molecule has 2 aliphatic heterocycles. The molecule has 1 aliphatic carbocycles. The van der Waals surface area contributed by atoms with E-state index in [2.05, 4.69) is 83.8 Å². The Morgan fingerprint density at radius 3 is 2.05 bits per heavy atom. The average molecular weight is 580 g/mol. The van der Waals surface area contributed by atoms with Gasteiger partial charge in [-0.3, -0.25) is 18.9 Å². The van der Waals surface area contributed by atoms with E-state index in [1.165, 1.54) is 44.1 Å². The Balaban J connectivity index is 1.06. The number of aromatic nitrogens is 4. The molecule has 43 heavy (non-hydrogen) atoms. The van der Waals surface area contributed by atoms with Gasteiger partial charge in [0.2, 0.25) is 5.95 Å². The Morgan fingerprint density at radius 1 is 0.698 bits per heavy atom. The first-order chi connectivity index (χ1) is 21.2. The molecule has 2 saturated heterocycles. The van der Waals surface area contributed by atoms with Crippen molar-refractivity contribution in [3.63, 3.8) is 0 Å². The molecular weight excluding hydrogens is 534 g/mol. The molecule has 3 fully saturated rings. The van der Waals surface area contributed by atoms with Crippen LogP contribution < -0.4 is 10.6 Å². The summed E-state index contributed by atoms with van der Waals surface area (Å²) in [6, 6.07) is 21.8. The molecule has 0 N–H and O–H groups in total. The number of fused-ring (bicyclic) bond motifs is 1. The Kier molecular flexibility index (Phi) is 8.31. The molecule has 0 bridgehead atoms. The van der Waals surface area contributed by atoms with Gasteiger partial charge in [-0.2, -0.15) is 0 Å². The summed E-state index contributed by atoms with van der Waals surface area (Å²) in [6.45, 7) is 7.38. The van der Waals surface area contributed by atoms with E-state index in [9.17, 15) is 4.79 Å². The number of hydrogen-bond acceptors (Lipinski definition) is 6. The zero-order valence-electron chi connectivity index (χ0n) is 25.4. The van der Waals surface area contributed by atoms with Gasteiger partial charge >= 0.3 is 5.69 Å². The summed E-state index contributed by atoms with van der Waals surface area (Å²) in [5.41, 5.74) is 3.93. The zero-order valence-corrected chi connectivity index (χ0v) is 25.4. The van der Waals surface area contributed by atoms with Crippen LogP contribution in [-0.4, -0.2) is 74.7 Å². The van der Waals surface area contributed by atoms with Crippen LogP contribution in [0.1, 0.15) is 63.0 Å². The van der Waals surface area contributed by atoms with Crippen LogP contribution in [0, 0.1) is 0 Å². The Morgan fingerprint density at radius 2 is 1.35 bits per heavy atom. The summed E-state index contributed by atoms with van der Waals surface area (Å²) < 4.78 is 4.17. The van der Waals surface area contributed by atoms with E-state index in [0.29, 0.717) is 6.54 Å². The highest BCUT2D eigenvalue weighted by Gasteiger charge is 2.40. The van der Waals surface area contributed by atoms with Gasteiger partial charge in [-0.1, -0.05) is 68.1 Å². The molecule has 2 aromatic heterocycles. The van der Waals surface area contributed by atoms with Crippen molar-refractivity contribution in [1.29, 1.82) is 0 Å². The van der Waals surface area contributed by atoms with Gasteiger partial charge in [-0.15, -0.1) is 0 Å². The lowest BCUT2D eigenvalue weighted by atomic mass is 9.79. The average Bonchev–Trinajstić information content (AvgIpc) is 3.19. The van der Waals surface area contributed by atoms with Crippen LogP contribution in [0.4, 0.5) is 5.95 Å². The molecule has 3 aliphatic rings. The molecule has 2 aromatic carbocycles. The van der Waals surface area contributed by atoms with Crippen LogP contribution in [0.25, 0.3) is 11.0 Å². The lowest BCUT2D eigenvalue weighted by molar-refractivity contribution is 0.0354. The minimum Gasteiger partial charge on any atom is -0.338 e. The molecule has 0 atom stereocenters. The second-order valence-electron chi connectivity index (χ2n) is 12.7. The van der Waals surface area contributed by atoms with Gasteiger partial charge < -0.3 is 4.90 Å². The fraction of sp³-hybridized carbons (Fsp3) is 0.514. The van der Waals surface area contributed by atoms with E-state index >= 15 is 0 Å². The van der Waals surface area contributed by atoms with Crippen molar-refractivity contribution in [2.75, 3.05) is 50.7 Å². The van der Waals surface area contributed by atoms with Gasteiger partial charge in [0.1, 0.15) is 0 Å². The van der Waals surface area contributed by atoms with Gasteiger partial charge in [0.15, 0.2) is 0 Å². The van der Waals surface area contributed by atoms with Gasteiger partial charge in [-0.05, 0) is 49.4 Å². The van der Waals surface area contributed by atoms with Gasteiger partial charge in [0.05, 0.1) is 11.0 Å². The molecule has 0 unspecified atom stereocenters. The van der Waals surface area contributed by atoms with Crippen LogP contribution in [0.2, 0.25) is 0 Å². The minimum absolute atomic E-state index is 0.137. The molecule has 0 radical (unpaired) electrons. The highest BCUT2D eigenvalue weighted by molar-refractivity contribution is 5.76. The Bertz CT molecular complexity index is 1520. The van der Waals surface area contributed by atoms with E-state index in [1.807, 2.05) is 10.6 Å². The number of piperazine rings is 1. The molecule has 8 nitrogen and oxygen atoms in total. The normalized spacial score (nSPS) is 20.8. The molecule has 0 amide bonds. The summed E-state index contributed by atoms with van der Waals surface area (Å²) in [6.07, 6.45) is 13.4. The number of imidazole rings is 1. The summed E-state index contributed by atoms with van der Waals surface area (Å²) in [4.78, 5) is 30.4.